The fourth-order valence-electron chi connectivity index (χ4n) is 3.03. The first-order chi connectivity index (χ1) is 13.8. The van der Waals surface area contributed by atoms with Crippen molar-refractivity contribution in [3.63, 3.8) is 0 Å². The van der Waals surface area contributed by atoms with Gasteiger partial charge in [0.2, 0.25) is 11.8 Å². The van der Waals surface area contributed by atoms with Crippen LogP contribution < -0.4 is 11.1 Å². The fraction of sp³-hybridized carbons (Fsp3) is 0.190. The summed E-state index contributed by atoms with van der Waals surface area (Å²) in [4.78, 5) is 23.6. The second-order valence-electron chi connectivity index (χ2n) is 6.66. The van der Waals surface area contributed by atoms with Crippen molar-refractivity contribution in [2.45, 2.75) is 26.8 Å². The molecular formula is C21H20ClFN4O2. The number of aryl methyl sites for hydroxylation is 1. The van der Waals surface area contributed by atoms with Crippen molar-refractivity contribution in [1.29, 1.82) is 0 Å². The fourth-order valence-corrected chi connectivity index (χ4v) is 3.27. The molecule has 8 heteroatoms. The Bertz CT molecular complexity index is 1080. The molecule has 1 aromatic heterocycles. The number of primary amides is 1. The lowest BCUT2D eigenvalue weighted by Gasteiger charge is -2.08. The number of halogens is 2. The third-order valence-electron chi connectivity index (χ3n) is 4.67. The van der Waals surface area contributed by atoms with Gasteiger partial charge in [-0.05, 0) is 55.8 Å². The van der Waals surface area contributed by atoms with Gasteiger partial charge in [0, 0.05) is 28.4 Å². The first kappa shape index (κ1) is 20.5. The predicted octanol–water partition coefficient (Wildman–Crippen LogP) is 3.24. The molecule has 0 unspecified atom stereocenters. The second-order valence-corrected chi connectivity index (χ2v) is 7.07. The van der Waals surface area contributed by atoms with Gasteiger partial charge in [0.05, 0.1) is 17.8 Å². The summed E-state index contributed by atoms with van der Waals surface area (Å²) in [7, 11) is 0. The molecule has 29 heavy (non-hydrogen) atoms. The van der Waals surface area contributed by atoms with E-state index in [2.05, 4.69) is 10.4 Å². The number of nitrogens with two attached hydrogens (primary N) is 1. The van der Waals surface area contributed by atoms with E-state index in [0.717, 1.165) is 22.6 Å². The number of nitrogens with one attached hydrogen (secondary N) is 1. The molecule has 2 aromatic carbocycles. The lowest BCUT2D eigenvalue weighted by Crippen LogP contribution is -2.25. The third kappa shape index (κ3) is 4.63. The highest BCUT2D eigenvalue weighted by Gasteiger charge is 2.16. The van der Waals surface area contributed by atoms with E-state index in [1.165, 1.54) is 12.1 Å². The molecule has 0 bridgehead atoms. The molecule has 0 aliphatic heterocycles. The van der Waals surface area contributed by atoms with Crippen LogP contribution in [0.3, 0.4) is 0 Å². The molecule has 150 valence electrons. The van der Waals surface area contributed by atoms with Crippen molar-refractivity contribution in [2.24, 2.45) is 5.73 Å². The Kier molecular flexibility index (Phi) is 5.98. The Hall–Kier alpha value is -3.19. The zero-order chi connectivity index (χ0) is 21.1. The van der Waals surface area contributed by atoms with Crippen molar-refractivity contribution in [2.75, 3.05) is 0 Å². The monoisotopic (exact) mass is 414 g/mol. The van der Waals surface area contributed by atoms with Crippen LogP contribution in [-0.2, 0) is 17.8 Å². The Balaban J connectivity index is 1.72. The number of carbonyl (C=O) groups is 2. The van der Waals surface area contributed by atoms with Crippen LogP contribution in [0.15, 0.2) is 42.5 Å². The third-order valence-corrected chi connectivity index (χ3v) is 5.02. The van der Waals surface area contributed by atoms with Crippen molar-refractivity contribution in [1.82, 2.24) is 15.1 Å². The van der Waals surface area contributed by atoms with Gasteiger partial charge in [0.25, 0.3) is 0 Å². The minimum atomic E-state index is -0.497. The maximum Gasteiger partial charge on any atom is 0.248 e. The van der Waals surface area contributed by atoms with Gasteiger partial charge < -0.3 is 11.1 Å². The van der Waals surface area contributed by atoms with E-state index in [1.54, 1.807) is 35.0 Å². The van der Waals surface area contributed by atoms with Gasteiger partial charge in [-0.2, -0.15) is 5.10 Å². The normalized spacial score (nSPS) is 10.8. The first-order valence-corrected chi connectivity index (χ1v) is 9.30. The van der Waals surface area contributed by atoms with E-state index in [1.807, 2.05) is 13.8 Å². The molecule has 0 aliphatic rings. The summed E-state index contributed by atoms with van der Waals surface area (Å²) in [6.45, 7) is 3.92. The number of amides is 2. The highest BCUT2D eigenvalue weighted by atomic mass is 35.5. The molecule has 0 atom stereocenters. The molecule has 0 radical (unpaired) electrons. The topological polar surface area (TPSA) is 90.0 Å². The van der Waals surface area contributed by atoms with Crippen molar-refractivity contribution in [3.05, 3.63) is 81.4 Å². The van der Waals surface area contributed by atoms with Crippen LogP contribution in [0.2, 0.25) is 5.02 Å². The molecule has 0 spiro atoms. The molecule has 0 aliphatic carbocycles. The minimum absolute atomic E-state index is 0.149. The van der Waals surface area contributed by atoms with Gasteiger partial charge in [-0.25, -0.2) is 9.07 Å². The molecule has 3 aromatic rings. The van der Waals surface area contributed by atoms with Crippen LogP contribution in [0.25, 0.3) is 5.69 Å². The summed E-state index contributed by atoms with van der Waals surface area (Å²) < 4.78 is 14.8. The summed E-state index contributed by atoms with van der Waals surface area (Å²) in [6, 6.07) is 10.8. The molecule has 3 N–H and O–H groups in total. The number of aromatic nitrogens is 2. The summed E-state index contributed by atoms with van der Waals surface area (Å²) in [5, 5.41) is 7.57. The Labute approximate surface area is 172 Å². The molecule has 3 rings (SSSR count). The number of rotatable bonds is 6. The van der Waals surface area contributed by atoms with Gasteiger partial charge in [-0.3, -0.25) is 9.59 Å². The average molecular weight is 415 g/mol. The molecule has 2 amide bonds. The number of nitrogens with zero attached hydrogens (tertiary/aromatic N) is 2. The standard InChI is InChI=1S/C21H20ClFN4O2/c1-12-18(10-20(28)25-11-15-3-6-16(23)9-19(15)22)13(2)27(26-12)17-7-4-14(5-8-17)21(24)29/h3-9H,10-11H2,1-2H3,(H2,24,29)(H,25,28). The summed E-state index contributed by atoms with van der Waals surface area (Å²) >= 11 is 5.99. The van der Waals surface area contributed by atoms with Gasteiger partial charge in [0.15, 0.2) is 0 Å². The molecule has 6 nitrogen and oxygen atoms in total. The van der Waals surface area contributed by atoms with E-state index >= 15 is 0 Å². The van der Waals surface area contributed by atoms with E-state index in [0.29, 0.717) is 11.1 Å². The molecular weight excluding hydrogens is 395 g/mol. The summed E-state index contributed by atoms with van der Waals surface area (Å²) in [5.74, 6) is -1.11. The Morgan fingerprint density at radius 3 is 2.48 bits per heavy atom. The number of hydrogen-bond acceptors (Lipinski definition) is 3. The van der Waals surface area contributed by atoms with Crippen LogP contribution in [-0.4, -0.2) is 21.6 Å². The lowest BCUT2D eigenvalue weighted by molar-refractivity contribution is -0.120. The molecule has 0 saturated carbocycles. The quantitative estimate of drug-likeness (QED) is 0.648. The minimum Gasteiger partial charge on any atom is -0.366 e. The van der Waals surface area contributed by atoms with Gasteiger partial charge in [0.1, 0.15) is 5.82 Å². The van der Waals surface area contributed by atoms with E-state index in [-0.39, 0.29) is 23.9 Å². The highest BCUT2D eigenvalue weighted by molar-refractivity contribution is 6.31. The van der Waals surface area contributed by atoms with E-state index in [9.17, 15) is 14.0 Å². The predicted molar refractivity (Wildman–Crippen MR) is 109 cm³/mol. The number of hydrogen-bond donors (Lipinski definition) is 2. The van der Waals surface area contributed by atoms with Crippen LogP contribution in [0.1, 0.15) is 32.9 Å². The van der Waals surface area contributed by atoms with Gasteiger partial charge >= 0.3 is 0 Å². The van der Waals surface area contributed by atoms with Crippen LogP contribution in [0.4, 0.5) is 4.39 Å². The van der Waals surface area contributed by atoms with Crippen LogP contribution >= 0.6 is 11.6 Å². The van der Waals surface area contributed by atoms with Crippen molar-refractivity contribution in [3.8, 4) is 5.69 Å². The summed E-state index contributed by atoms with van der Waals surface area (Å²) in [5.41, 5.74) is 9.45. The second kappa shape index (κ2) is 8.45. The van der Waals surface area contributed by atoms with Crippen molar-refractivity contribution < 1.29 is 14.0 Å². The van der Waals surface area contributed by atoms with Crippen LogP contribution in [0, 0.1) is 19.7 Å². The Morgan fingerprint density at radius 1 is 1.17 bits per heavy atom. The molecule has 1 heterocycles. The number of benzene rings is 2. The maximum atomic E-state index is 13.1. The number of carbonyl (C=O) groups excluding carboxylic acids is 2. The summed E-state index contributed by atoms with van der Waals surface area (Å²) in [6.07, 6.45) is 0.149. The van der Waals surface area contributed by atoms with Crippen molar-refractivity contribution >= 4 is 23.4 Å². The zero-order valence-electron chi connectivity index (χ0n) is 16.0. The van der Waals surface area contributed by atoms with Gasteiger partial charge in [-0.1, -0.05) is 17.7 Å². The molecule has 0 saturated heterocycles. The van der Waals surface area contributed by atoms with E-state index in [4.69, 9.17) is 17.3 Å². The zero-order valence-corrected chi connectivity index (χ0v) is 16.8. The lowest BCUT2D eigenvalue weighted by atomic mass is 10.1. The largest absolute Gasteiger partial charge is 0.366 e. The highest BCUT2D eigenvalue weighted by Crippen LogP contribution is 2.20. The molecule has 0 fully saturated rings. The van der Waals surface area contributed by atoms with E-state index < -0.39 is 11.7 Å². The maximum absolute atomic E-state index is 13.1. The first-order valence-electron chi connectivity index (χ1n) is 8.92. The smallest absolute Gasteiger partial charge is 0.248 e. The van der Waals surface area contributed by atoms with Crippen LogP contribution in [0.5, 0.6) is 0 Å². The average Bonchev–Trinajstić information content (AvgIpc) is 2.95. The van der Waals surface area contributed by atoms with Gasteiger partial charge in [-0.15, -0.1) is 0 Å². The Morgan fingerprint density at radius 2 is 1.86 bits per heavy atom. The SMILES string of the molecule is Cc1nn(-c2ccc(C(N)=O)cc2)c(C)c1CC(=O)NCc1ccc(F)cc1Cl.